The predicted molar refractivity (Wildman–Crippen MR) is 67.6 cm³/mol. The van der Waals surface area contributed by atoms with Crippen molar-refractivity contribution in [1.82, 2.24) is 15.0 Å². The summed E-state index contributed by atoms with van der Waals surface area (Å²) in [7, 11) is 0. The van der Waals surface area contributed by atoms with E-state index in [4.69, 9.17) is 5.11 Å². The Morgan fingerprint density at radius 3 is 2.65 bits per heavy atom. The van der Waals surface area contributed by atoms with Crippen LogP contribution in [0.5, 0.6) is 0 Å². The van der Waals surface area contributed by atoms with Gasteiger partial charge >= 0.3 is 5.97 Å². The minimum atomic E-state index is -1.11. The van der Waals surface area contributed by atoms with E-state index in [-0.39, 0.29) is 5.69 Å². The number of aromatic nitrogens is 3. The van der Waals surface area contributed by atoms with Crippen LogP contribution in [0.3, 0.4) is 0 Å². The minimum absolute atomic E-state index is 0.0741. The Bertz CT molecular complexity index is 590. The van der Waals surface area contributed by atoms with Crippen LogP contribution in [-0.4, -0.2) is 26.0 Å². The number of nitrogens with zero attached hydrogens (tertiary/aromatic N) is 3. The predicted octanol–water partition coefficient (Wildman–Crippen LogP) is 2.76. The van der Waals surface area contributed by atoms with Crippen LogP contribution in [0, 0.1) is 0 Å². The van der Waals surface area contributed by atoms with Gasteiger partial charge in [-0.1, -0.05) is 0 Å². The lowest BCUT2D eigenvalue weighted by Crippen LogP contribution is -2.04. The Hall–Kier alpha value is -1.34. The summed E-state index contributed by atoms with van der Waals surface area (Å²) >= 11 is 6.37. The summed E-state index contributed by atoms with van der Waals surface area (Å²) in [5.74, 6) is -0.789. The van der Waals surface area contributed by atoms with Gasteiger partial charge in [0.1, 0.15) is 0 Å². The maximum atomic E-state index is 10.9. The summed E-state index contributed by atoms with van der Waals surface area (Å²) < 4.78 is 1.12. The third-order valence-electron chi connectivity index (χ3n) is 1.91. The Morgan fingerprint density at radius 1 is 1.24 bits per heavy atom. The van der Waals surface area contributed by atoms with Crippen molar-refractivity contribution in [3.05, 3.63) is 39.3 Å². The molecule has 0 amide bonds. The van der Waals surface area contributed by atoms with E-state index in [0.717, 1.165) is 4.47 Å². The van der Waals surface area contributed by atoms with Crippen molar-refractivity contribution in [3.63, 3.8) is 0 Å². The molecule has 86 valence electrons. The Labute approximate surface area is 113 Å². The van der Waals surface area contributed by atoms with Crippen LogP contribution >= 0.6 is 31.9 Å². The lowest BCUT2D eigenvalue weighted by atomic mass is 10.2. The van der Waals surface area contributed by atoms with Crippen LogP contribution in [0.1, 0.15) is 10.5 Å². The monoisotopic (exact) mass is 357 g/mol. The Morgan fingerprint density at radius 2 is 2.00 bits per heavy atom. The highest BCUT2D eigenvalue weighted by atomic mass is 79.9. The molecule has 0 unspecified atom stereocenters. The molecule has 2 aromatic rings. The van der Waals surface area contributed by atoms with E-state index in [1.807, 2.05) is 0 Å². The SMILES string of the molecule is O=C(O)c1nc(-c2cncc(Br)c2)ncc1Br. The summed E-state index contributed by atoms with van der Waals surface area (Å²) in [6, 6.07) is 1.77. The van der Waals surface area contributed by atoms with Crippen LogP contribution in [0.4, 0.5) is 0 Å². The molecule has 7 heteroatoms. The molecule has 0 aromatic carbocycles. The van der Waals surface area contributed by atoms with E-state index in [9.17, 15) is 4.79 Å². The number of rotatable bonds is 2. The summed E-state index contributed by atoms with van der Waals surface area (Å²) in [6.07, 6.45) is 4.60. The van der Waals surface area contributed by atoms with Crippen molar-refractivity contribution in [2.45, 2.75) is 0 Å². The molecule has 0 aliphatic rings. The first-order valence-corrected chi connectivity index (χ1v) is 6.03. The van der Waals surface area contributed by atoms with Gasteiger partial charge in [-0.25, -0.2) is 14.8 Å². The molecule has 2 rings (SSSR count). The second-order valence-corrected chi connectivity index (χ2v) is 4.86. The van der Waals surface area contributed by atoms with Crippen LogP contribution in [0.25, 0.3) is 11.4 Å². The maximum absolute atomic E-state index is 10.9. The molecule has 0 radical (unpaired) electrons. The van der Waals surface area contributed by atoms with Crippen molar-refractivity contribution in [1.29, 1.82) is 0 Å². The highest BCUT2D eigenvalue weighted by molar-refractivity contribution is 9.10. The van der Waals surface area contributed by atoms with Crippen LogP contribution < -0.4 is 0 Å². The molecule has 5 nitrogen and oxygen atoms in total. The first kappa shape index (κ1) is 12.1. The molecule has 2 heterocycles. The van der Waals surface area contributed by atoms with Gasteiger partial charge in [-0.05, 0) is 37.9 Å². The third-order valence-corrected chi connectivity index (χ3v) is 2.92. The fraction of sp³-hybridized carbons (Fsp3) is 0. The number of carboxylic acid groups (broad SMARTS) is 1. The Kier molecular flexibility index (Phi) is 3.49. The van der Waals surface area contributed by atoms with Gasteiger partial charge in [-0.3, -0.25) is 4.98 Å². The lowest BCUT2D eigenvalue weighted by Gasteiger charge is -2.02. The molecule has 17 heavy (non-hydrogen) atoms. The molecule has 2 aromatic heterocycles. The second-order valence-electron chi connectivity index (χ2n) is 3.09. The minimum Gasteiger partial charge on any atom is -0.476 e. The van der Waals surface area contributed by atoms with Gasteiger partial charge in [-0.2, -0.15) is 0 Å². The van der Waals surface area contributed by atoms with Gasteiger partial charge in [0.05, 0.1) is 4.47 Å². The van der Waals surface area contributed by atoms with Gasteiger partial charge in [0.15, 0.2) is 11.5 Å². The van der Waals surface area contributed by atoms with Gasteiger partial charge in [0.2, 0.25) is 0 Å². The number of hydrogen-bond donors (Lipinski definition) is 1. The highest BCUT2D eigenvalue weighted by Crippen LogP contribution is 2.21. The molecule has 0 saturated heterocycles. The average molecular weight is 359 g/mol. The smallest absolute Gasteiger partial charge is 0.355 e. The second kappa shape index (κ2) is 4.89. The van der Waals surface area contributed by atoms with Crippen molar-refractivity contribution in [3.8, 4) is 11.4 Å². The molecule has 0 fully saturated rings. The topological polar surface area (TPSA) is 76.0 Å². The highest BCUT2D eigenvalue weighted by Gasteiger charge is 2.13. The van der Waals surface area contributed by atoms with Crippen molar-refractivity contribution in [2.24, 2.45) is 0 Å². The van der Waals surface area contributed by atoms with Gasteiger partial charge < -0.3 is 5.11 Å². The zero-order chi connectivity index (χ0) is 12.4. The largest absolute Gasteiger partial charge is 0.476 e. The number of halogens is 2. The van der Waals surface area contributed by atoms with E-state index in [1.54, 1.807) is 18.5 Å². The van der Waals surface area contributed by atoms with Crippen LogP contribution in [0.2, 0.25) is 0 Å². The van der Waals surface area contributed by atoms with Crippen molar-refractivity contribution < 1.29 is 9.90 Å². The van der Waals surface area contributed by atoms with Crippen molar-refractivity contribution >= 4 is 37.8 Å². The van der Waals surface area contributed by atoms with Gasteiger partial charge in [0, 0.05) is 28.6 Å². The summed E-state index contributed by atoms with van der Waals surface area (Å²) in [4.78, 5) is 22.9. The molecule has 0 saturated carbocycles. The van der Waals surface area contributed by atoms with E-state index < -0.39 is 5.97 Å². The van der Waals surface area contributed by atoms with E-state index in [0.29, 0.717) is 15.9 Å². The first-order valence-electron chi connectivity index (χ1n) is 4.44. The van der Waals surface area contributed by atoms with Gasteiger partial charge in [0.25, 0.3) is 0 Å². The van der Waals surface area contributed by atoms with Crippen LogP contribution in [0.15, 0.2) is 33.6 Å². The normalized spacial score (nSPS) is 10.2. The number of carboxylic acids is 1. The third kappa shape index (κ3) is 2.67. The Balaban J connectivity index is 2.54. The maximum Gasteiger partial charge on any atom is 0.355 e. The molecule has 0 spiro atoms. The zero-order valence-corrected chi connectivity index (χ0v) is 11.4. The fourth-order valence-electron chi connectivity index (χ4n) is 1.19. The molecule has 0 bridgehead atoms. The summed E-state index contributed by atoms with van der Waals surface area (Å²) in [5, 5.41) is 8.95. The molecular formula is C10H5Br2N3O2. The van der Waals surface area contributed by atoms with E-state index in [2.05, 4.69) is 46.8 Å². The summed E-state index contributed by atoms with van der Waals surface area (Å²) in [6.45, 7) is 0. The quantitative estimate of drug-likeness (QED) is 0.893. The van der Waals surface area contributed by atoms with E-state index in [1.165, 1.54) is 6.20 Å². The standard InChI is InChI=1S/C10H5Br2N3O2/c11-6-1-5(2-13-3-6)9-14-4-7(12)8(15-9)10(16)17/h1-4H,(H,16,17). The number of carbonyl (C=O) groups is 1. The fourth-order valence-corrected chi connectivity index (χ4v) is 1.92. The molecule has 0 aliphatic carbocycles. The number of hydrogen-bond acceptors (Lipinski definition) is 4. The number of pyridine rings is 1. The van der Waals surface area contributed by atoms with Crippen LogP contribution in [-0.2, 0) is 0 Å². The molecule has 1 N–H and O–H groups in total. The first-order chi connectivity index (χ1) is 8.08. The number of aromatic carboxylic acids is 1. The lowest BCUT2D eigenvalue weighted by molar-refractivity contribution is 0.0689. The van der Waals surface area contributed by atoms with Crippen molar-refractivity contribution in [2.75, 3.05) is 0 Å². The zero-order valence-electron chi connectivity index (χ0n) is 8.26. The molecular weight excluding hydrogens is 354 g/mol. The molecule has 0 atom stereocenters. The van der Waals surface area contributed by atoms with E-state index >= 15 is 0 Å². The average Bonchev–Trinajstić information content (AvgIpc) is 2.29. The van der Waals surface area contributed by atoms with Gasteiger partial charge in [-0.15, -0.1) is 0 Å². The summed E-state index contributed by atoms with van der Waals surface area (Å²) in [5.41, 5.74) is 0.573. The molecule has 0 aliphatic heterocycles.